The monoisotopic (exact) mass is 788 g/mol. The number of unbranched alkanes of at least 4 members (excludes halogenated alkanes) is 9. The fourth-order valence-corrected chi connectivity index (χ4v) is 6.39. The molecule has 1 amide bonds. The predicted molar refractivity (Wildman–Crippen MR) is 216 cm³/mol. The van der Waals surface area contributed by atoms with E-state index in [-0.39, 0.29) is 29.4 Å². The molecule has 0 fully saturated rings. The van der Waals surface area contributed by atoms with Gasteiger partial charge in [0.1, 0.15) is 0 Å². The Morgan fingerprint density at radius 1 is 0.750 bits per heavy atom. The number of halogens is 1. The van der Waals surface area contributed by atoms with Gasteiger partial charge in [-0.3, -0.25) is 9.59 Å². The molecule has 3 aromatic carbocycles. The third-order valence-corrected chi connectivity index (χ3v) is 9.72. The minimum absolute atomic E-state index is 0.00490. The SMILES string of the molecule is CCCCCCCCCCCCOC(=O)C(C)OC(=O)c1ccc(Cl)c(NC(=O)C(C(=O)C(C)C)n2c(=O)n(Cc3ccccc3)n(-c3ccccc3)c2=O)c1. The van der Waals surface area contributed by atoms with E-state index in [1.54, 1.807) is 68.4 Å². The molecular formula is C43H53ClN4O8. The highest BCUT2D eigenvalue weighted by atomic mass is 35.5. The van der Waals surface area contributed by atoms with Crippen LogP contribution in [0.25, 0.3) is 5.69 Å². The molecule has 4 aromatic rings. The van der Waals surface area contributed by atoms with E-state index in [9.17, 15) is 28.8 Å². The zero-order chi connectivity index (χ0) is 40.6. The molecule has 0 aliphatic carbocycles. The Labute approximate surface area is 332 Å². The molecule has 1 heterocycles. The van der Waals surface area contributed by atoms with Gasteiger partial charge in [-0.05, 0) is 49.2 Å². The first-order chi connectivity index (χ1) is 26.9. The van der Waals surface area contributed by atoms with E-state index >= 15 is 0 Å². The van der Waals surface area contributed by atoms with Gasteiger partial charge in [-0.2, -0.15) is 4.68 Å². The van der Waals surface area contributed by atoms with Crippen molar-refractivity contribution >= 4 is 40.9 Å². The van der Waals surface area contributed by atoms with E-state index in [1.165, 1.54) is 68.3 Å². The van der Waals surface area contributed by atoms with Crippen molar-refractivity contribution in [3.05, 3.63) is 116 Å². The van der Waals surface area contributed by atoms with Gasteiger partial charge in [-0.25, -0.2) is 28.4 Å². The third kappa shape index (κ3) is 11.9. The van der Waals surface area contributed by atoms with Gasteiger partial charge < -0.3 is 14.8 Å². The first-order valence-electron chi connectivity index (χ1n) is 19.5. The number of Topliss-reactive ketones (excluding diaryl/α,β-unsaturated/α-hetero) is 1. The van der Waals surface area contributed by atoms with Crippen LogP contribution < -0.4 is 16.7 Å². The molecule has 2 atom stereocenters. The van der Waals surface area contributed by atoms with E-state index < -0.39 is 53.1 Å². The minimum atomic E-state index is -1.89. The summed E-state index contributed by atoms with van der Waals surface area (Å²) < 4.78 is 13.6. The first-order valence-corrected chi connectivity index (χ1v) is 19.9. The molecule has 0 aliphatic rings. The molecule has 0 saturated heterocycles. The molecule has 1 N–H and O–H groups in total. The van der Waals surface area contributed by atoms with Crippen LogP contribution in [0.1, 0.15) is 114 Å². The Morgan fingerprint density at radius 2 is 1.34 bits per heavy atom. The number of aromatic nitrogens is 3. The summed E-state index contributed by atoms with van der Waals surface area (Å²) in [5.41, 5.74) is -0.850. The summed E-state index contributed by atoms with van der Waals surface area (Å²) in [6.07, 6.45) is 10.2. The summed E-state index contributed by atoms with van der Waals surface area (Å²) in [5, 5.41) is 2.55. The smallest absolute Gasteiger partial charge is 0.353 e. The average molecular weight is 789 g/mol. The number of benzene rings is 3. The maximum Gasteiger partial charge on any atom is 0.353 e. The number of hydrogen-bond acceptors (Lipinski definition) is 8. The Morgan fingerprint density at radius 3 is 1.95 bits per heavy atom. The fourth-order valence-electron chi connectivity index (χ4n) is 6.23. The second kappa shape index (κ2) is 21.8. The normalized spacial score (nSPS) is 12.2. The highest BCUT2D eigenvalue weighted by molar-refractivity contribution is 6.34. The lowest BCUT2D eigenvalue weighted by atomic mass is 10.0. The predicted octanol–water partition coefficient (Wildman–Crippen LogP) is 7.92. The van der Waals surface area contributed by atoms with Gasteiger partial charge in [0.15, 0.2) is 17.9 Å². The van der Waals surface area contributed by atoms with Gasteiger partial charge in [-0.15, -0.1) is 0 Å². The van der Waals surface area contributed by atoms with Gasteiger partial charge in [0.25, 0.3) is 5.91 Å². The van der Waals surface area contributed by atoms with E-state index in [0.717, 1.165) is 23.9 Å². The number of carbonyl (C=O) groups is 4. The molecule has 2 unspecified atom stereocenters. The number of nitrogens with one attached hydrogen (secondary N) is 1. The number of hydrogen-bond donors (Lipinski definition) is 1. The van der Waals surface area contributed by atoms with Gasteiger partial charge in [0, 0.05) is 5.92 Å². The molecule has 56 heavy (non-hydrogen) atoms. The number of esters is 2. The van der Waals surface area contributed by atoms with Crippen LogP contribution in [0.4, 0.5) is 5.69 Å². The molecule has 12 nitrogen and oxygen atoms in total. The molecule has 13 heteroatoms. The van der Waals surface area contributed by atoms with Crippen LogP contribution in [-0.4, -0.2) is 50.3 Å². The van der Waals surface area contributed by atoms with Crippen molar-refractivity contribution in [2.45, 2.75) is 111 Å². The summed E-state index contributed by atoms with van der Waals surface area (Å²) >= 11 is 6.43. The van der Waals surface area contributed by atoms with Crippen LogP contribution in [0, 0.1) is 5.92 Å². The van der Waals surface area contributed by atoms with Crippen molar-refractivity contribution in [3.63, 3.8) is 0 Å². The van der Waals surface area contributed by atoms with E-state index in [2.05, 4.69) is 12.2 Å². The Kier molecular flexibility index (Phi) is 16.9. The zero-order valence-corrected chi connectivity index (χ0v) is 33.5. The van der Waals surface area contributed by atoms with Crippen LogP contribution in [0.3, 0.4) is 0 Å². The topological polar surface area (TPSA) is 148 Å². The minimum Gasteiger partial charge on any atom is -0.463 e. The molecule has 0 radical (unpaired) electrons. The Hall–Kier alpha value is -5.23. The first kappa shape index (κ1) is 43.5. The fraction of sp³-hybridized carbons (Fsp3) is 0.442. The van der Waals surface area contributed by atoms with Crippen LogP contribution >= 0.6 is 11.6 Å². The lowest BCUT2D eigenvalue weighted by Crippen LogP contribution is -2.44. The maximum atomic E-state index is 14.1. The van der Waals surface area contributed by atoms with Gasteiger partial charge in [0.05, 0.1) is 35.1 Å². The molecular weight excluding hydrogens is 736 g/mol. The molecule has 0 aliphatic heterocycles. The highest BCUT2D eigenvalue weighted by Gasteiger charge is 2.36. The zero-order valence-electron chi connectivity index (χ0n) is 32.7. The standard InChI is InChI=1S/C43H53ClN4O8/c1-5-6-7-8-9-10-11-12-13-20-27-55-40(51)31(4)56-41(52)33-25-26-35(44)36(28-33)45-39(50)37(38(49)30(2)3)47-42(53)46(29-32-21-16-14-17-22-32)48(43(47)54)34-23-18-15-19-24-34/h14-19,21-26,28,30-31,37H,5-13,20,27,29H2,1-4H3,(H,45,50). The van der Waals surface area contributed by atoms with E-state index in [0.29, 0.717) is 22.2 Å². The molecule has 4 rings (SSSR count). The number of amides is 1. The number of ether oxygens (including phenoxy) is 2. The largest absolute Gasteiger partial charge is 0.463 e. The number of ketones is 1. The van der Waals surface area contributed by atoms with Crippen molar-refractivity contribution in [2.75, 3.05) is 11.9 Å². The van der Waals surface area contributed by atoms with E-state index in [1.807, 2.05) is 6.07 Å². The summed E-state index contributed by atoms with van der Waals surface area (Å²) in [6, 6.07) is 19.4. The quantitative estimate of drug-likeness (QED) is 0.0480. The van der Waals surface area contributed by atoms with Crippen molar-refractivity contribution < 1.29 is 28.7 Å². The van der Waals surface area contributed by atoms with Gasteiger partial charge in [0.2, 0.25) is 0 Å². The summed E-state index contributed by atoms with van der Waals surface area (Å²) in [4.78, 5) is 81.6. The van der Waals surface area contributed by atoms with Crippen LogP contribution in [0.2, 0.25) is 5.02 Å². The lowest BCUT2D eigenvalue weighted by molar-refractivity contribution is -0.153. The average Bonchev–Trinajstić information content (AvgIpc) is 3.42. The number of rotatable bonds is 22. The van der Waals surface area contributed by atoms with Crippen molar-refractivity contribution in [1.29, 1.82) is 0 Å². The molecule has 1 aromatic heterocycles. The van der Waals surface area contributed by atoms with Crippen molar-refractivity contribution in [3.8, 4) is 5.69 Å². The Balaban J connectivity index is 1.47. The van der Waals surface area contributed by atoms with E-state index in [4.69, 9.17) is 21.1 Å². The van der Waals surface area contributed by atoms with Crippen LogP contribution in [0.15, 0.2) is 88.5 Å². The number of anilines is 1. The summed E-state index contributed by atoms with van der Waals surface area (Å²) in [6.45, 7) is 6.92. The van der Waals surface area contributed by atoms with Crippen molar-refractivity contribution in [2.24, 2.45) is 5.92 Å². The van der Waals surface area contributed by atoms with Crippen LogP contribution in [0.5, 0.6) is 0 Å². The summed E-state index contributed by atoms with van der Waals surface area (Å²) in [5.74, 6) is -4.04. The van der Waals surface area contributed by atoms with Crippen molar-refractivity contribution in [1.82, 2.24) is 13.9 Å². The number of carbonyl (C=O) groups excluding carboxylic acids is 4. The second-order valence-electron chi connectivity index (χ2n) is 14.2. The van der Waals surface area contributed by atoms with Gasteiger partial charge in [-0.1, -0.05) is 139 Å². The molecule has 0 bridgehead atoms. The molecule has 300 valence electrons. The highest BCUT2D eigenvalue weighted by Crippen LogP contribution is 2.26. The lowest BCUT2D eigenvalue weighted by Gasteiger charge is -2.18. The second-order valence-corrected chi connectivity index (χ2v) is 14.6. The molecule has 0 spiro atoms. The third-order valence-electron chi connectivity index (χ3n) is 9.39. The van der Waals surface area contributed by atoms with Crippen LogP contribution in [-0.2, 0) is 30.4 Å². The van der Waals surface area contributed by atoms with Gasteiger partial charge >= 0.3 is 23.3 Å². The maximum absolute atomic E-state index is 14.1. The molecule has 0 saturated carbocycles. The Bertz CT molecular complexity index is 2040. The number of nitrogens with zero attached hydrogens (tertiary/aromatic N) is 3. The summed E-state index contributed by atoms with van der Waals surface area (Å²) in [7, 11) is 0. The number of para-hydroxylation sites is 1.